The number of thiophene rings is 1. The summed E-state index contributed by atoms with van der Waals surface area (Å²) in [6.07, 6.45) is 0. The predicted octanol–water partition coefficient (Wildman–Crippen LogP) is 2.77. The molecular weight excluding hydrogens is 322 g/mol. The standard InChI is InChI=1S/C18H21N3O2S/c1-12-15(14-6-4-3-5-7-14)16-17(21(8-10-22)9-11-23)19-13(2)20-18(16)24-12/h3-7,22-23H,8-11H2,1-2H3. The maximum atomic E-state index is 9.39. The number of nitrogens with zero attached hydrogens (tertiary/aromatic N) is 3. The summed E-state index contributed by atoms with van der Waals surface area (Å²) < 4.78 is 0. The average molecular weight is 343 g/mol. The van der Waals surface area contributed by atoms with Crippen LogP contribution >= 0.6 is 11.3 Å². The summed E-state index contributed by atoms with van der Waals surface area (Å²) in [6.45, 7) is 4.83. The maximum Gasteiger partial charge on any atom is 0.141 e. The van der Waals surface area contributed by atoms with E-state index in [9.17, 15) is 10.2 Å². The van der Waals surface area contributed by atoms with Crippen molar-refractivity contribution in [3.05, 3.63) is 41.0 Å². The van der Waals surface area contributed by atoms with E-state index in [1.165, 1.54) is 4.88 Å². The monoisotopic (exact) mass is 343 g/mol. The minimum Gasteiger partial charge on any atom is -0.395 e. The van der Waals surface area contributed by atoms with Crippen LogP contribution in [0.4, 0.5) is 5.82 Å². The number of aliphatic hydroxyl groups is 2. The van der Waals surface area contributed by atoms with Gasteiger partial charge in [-0.25, -0.2) is 9.97 Å². The fraction of sp³-hybridized carbons (Fsp3) is 0.333. The van der Waals surface area contributed by atoms with Crippen molar-refractivity contribution in [1.82, 2.24) is 9.97 Å². The smallest absolute Gasteiger partial charge is 0.141 e. The minimum absolute atomic E-state index is 0.00827. The molecule has 0 saturated carbocycles. The molecule has 6 heteroatoms. The van der Waals surface area contributed by atoms with Crippen molar-refractivity contribution >= 4 is 27.4 Å². The molecule has 24 heavy (non-hydrogen) atoms. The van der Waals surface area contributed by atoms with Crippen LogP contribution in [0.5, 0.6) is 0 Å². The van der Waals surface area contributed by atoms with Crippen molar-refractivity contribution in [3.63, 3.8) is 0 Å². The lowest BCUT2D eigenvalue weighted by atomic mass is 10.0. The molecule has 3 rings (SSSR count). The number of fused-ring (bicyclic) bond motifs is 1. The first-order valence-corrected chi connectivity index (χ1v) is 8.77. The van der Waals surface area contributed by atoms with E-state index < -0.39 is 0 Å². The van der Waals surface area contributed by atoms with Gasteiger partial charge in [-0.1, -0.05) is 30.3 Å². The highest BCUT2D eigenvalue weighted by atomic mass is 32.1. The van der Waals surface area contributed by atoms with Crippen LogP contribution in [0.25, 0.3) is 21.3 Å². The Morgan fingerprint density at radius 2 is 1.67 bits per heavy atom. The van der Waals surface area contributed by atoms with Crippen molar-refractivity contribution in [2.75, 3.05) is 31.2 Å². The second-order valence-electron chi connectivity index (χ2n) is 5.61. The molecule has 3 aromatic rings. The number of hydrogen-bond donors (Lipinski definition) is 2. The third-order valence-electron chi connectivity index (χ3n) is 3.92. The quantitative estimate of drug-likeness (QED) is 0.720. The molecule has 0 fully saturated rings. The molecule has 0 spiro atoms. The van der Waals surface area contributed by atoms with E-state index in [-0.39, 0.29) is 13.2 Å². The summed E-state index contributed by atoms with van der Waals surface area (Å²) >= 11 is 1.65. The molecular formula is C18H21N3O2S. The van der Waals surface area contributed by atoms with Crippen molar-refractivity contribution in [1.29, 1.82) is 0 Å². The molecule has 0 unspecified atom stereocenters. The molecule has 0 aliphatic rings. The van der Waals surface area contributed by atoms with Gasteiger partial charge in [0.25, 0.3) is 0 Å². The van der Waals surface area contributed by atoms with Crippen LogP contribution < -0.4 is 4.90 Å². The SMILES string of the molecule is Cc1nc(N(CCO)CCO)c2c(-c3ccccc3)c(C)sc2n1. The van der Waals surface area contributed by atoms with Crippen LogP contribution in [0.3, 0.4) is 0 Å². The van der Waals surface area contributed by atoms with E-state index in [1.54, 1.807) is 11.3 Å². The van der Waals surface area contributed by atoms with Crippen molar-refractivity contribution in [2.24, 2.45) is 0 Å². The molecule has 1 aromatic carbocycles. The minimum atomic E-state index is 0.00827. The summed E-state index contributed by atoms with van der Waals surface area (Å²) in [5.74, 6) is 1.48. The Morgan fingerprint density at radius 3 is 2.29 bits per heavy atom. The highest BCUT2D eigenvalue weighted by Crippen LogP contribution is 2.41. The molecule has 2 aromatic heterocycles. The Bertz CT molecular complexity index is 827. The Hall–Kier alpha value is -2.02. The van der Waals surface area contributed by atoms with Crippen LogP contribution in [0, 0.1) is 13.8 Å². The number of rotatable bonds is 6. The van der Waals surface area contributed by atoms with Gasteiger partial charge in [0.05, 0.1) is 18.6 Å². The zero-order valence-electron chi connectivity index (χ0n) is 13.9. The zero-order chi connectivity index (χ0) is 17.1. The molecule has 126 valence electrons. The second kappa shape index (κ2) is 7.25. The largest absolute Gasteiger partial charge is 0.395 e. The zero-order valence-corrected chi connectivity index (χ0v) is 14.7. The molecule has 5 nitrogen and oxygen atoms in total. The molecule has 0 aliphatic heterocycles. The lowest BCUT2D eigenvalue weighted by molar-refractivity contribution is 0.281. The fourth-order valence-electron chi connectivity index (χ4n) is 2.94. The number of aliphatic hydroxyl groups excluding tert-OH is 2. The Labute approximate surface area is 145 Å². The van der Waals surface area contributed by atoms with Gasteiger partial charge in [0, 0.05) is 23.5 Å². The highest BCUT2D eigenvalue weighted by Gasteiger charge is 2.21. The Kier molecular flexibility index (Phi) is 5.08. The van der Waals surface area contributed by atoms with Gasteiger partial charge in [0.2, 0.25) is 0 Å². The van der Waals surface area contributed by atoms with Crippen LogP contribution in [0.15, 0.2) is 30.3 Å². The van der Waals surface area contributed by atoms with Gasteiger partial charge < -0.3 is 15.1 Å². The third kappa shape index (κ3) is 3.13. The van der Waals surface area contributed by atoms with Crippen LogP contribution in [0.1, 0.15) is 10.7 Å². The average Bonchev–Trinajstić information content (AvgIpc) is 2.90. The van der Waals surface area contributed by atoms with E-state index in [2.05, 4.69) is 29.0 Å². The summed E-state index contributed by atoms with van der Waals surface area (Å²) in [6, 6.07) is 10.2. The summed E-state index contributed by atoms with van der Waals surface area (Å²) in [5.41, 5.74) is 2.26. The van der Waals surface area contributed by atoms with Gasteiger partial charge in [-0.2, -0.15) is 0 Å². The molecule has 0 aliphatic carbocycles. The molecule has 0 bridgehead atoms. The fourth-order valence-corrected chi connectivity index (χ4v) is 4.03. The molecule has 0 radical (unpaired) electrons. The summed E-state index contributed by atoms with van der Waals surface area (Å²) in [4.78, 5) is 13.3. The van der Waals surface area contributed by atoms with Gasteiger partial charge in [0.1, 0.15) is 16.5 Å². The normalized spacial score (nSPS) is 11.2. The molecule has 0 amide bonds. The first kappa shape index (κ1) is 16.8. The van der Waals surface area contributed by atoms with Crippen LogP contribution in [-0.4, -0.2) is 46.5 Å². The lowest BCUT2D eigenvalue weighted by Crippen LogP contribution is -2.30. The van der Waals surface area contributed by atoms with E-state index in [1.807, 2.05) is 30.0 Å². The van der Waals surface area contributed by atoms with E-state index in [4.69, 9.17) is 0 Å². The number of hydrogen-bond acceptors (Lipinski definition) is 6. The highest BCUT2D eigenvalue weighted by molar-refractivity contribution is 7.19. The van der Waals surface area contributed by atoms with Crippen LogP contribution in [-0.2, 0) is 0 Å². The predicted molar refractivity (Wildman–Crippen MR) is 98.7 cm³/mol. The van der Waals surface area contributed by atoms with Gasteiger partial charge >= 0.3 is 0 Å². The molecule has 0 atom stereocenters. The van der Waals surface area contributed by atoms with Gasteiger partial charge in [0.15, 0.2) is 0 Å². The van der Waals surface area contributed by atoms with Crippen LogP contribution in [0.2, 0.25) is 0 Å². The number of benzene rings is 1. The summed E-state index contributed by atoms with van der Waals surface area (Å²) in [7, 11) is 0. The van der Waals surface area contributed by atoms with Crippen molar-refractivity contribution in [2.45, 2.75) is 13.8 Å². The van der Waals surface area contributed by atoms with E-state index >= 15 is 0 Å². The maximum absolute atomic E-state index is 9.39. The second-order valence-corrected chi connectivity index (χ2v) is 6.81. The third-order valence-corrected chi connectivity index (χ3v) is 4.92. The molecule has 0 saturated heterocycles. The first-order chi connectivity index (χ1) is 11.7. The Morgan fingerprint density at radius 1 is 1.00 bits per heavy atom. The van der Waals surface area contributed by atoms with Gasteiger partial charge in [-0.05, 0) is 19.4 Å². The number of aromatic nitrogens is 2. The number of aryl methyl sites for hydroxylation is 2. The topological polar surface area (TPSA) is 69.5 Å². The van der Waals surface area contributed by atoms with Gasteiger partial charge in [-0.3, -0.25) is 0 Å². The molecule has 2 heterocycles. The lowest BCUT2D eigenvalue weighted by Gasteiger charge is -2.23. The number of anilines is 1. The van der Waals surface area contributed by atoms with Crippen molar-refractivity contribution < 1.29 is 10.2 Å². The van der Waals surface area contributed by atoms with Crippen molar-refractivity contribution in [3.8, 4) is 11.1 Å². The molecule has 2 N–H and O–H groups in total. The Balaban J connectivity index is 2.28. The summed E-state index contributed by atoms with van der Waals surface area (Å²) in [5, 5.41) is 19.8. The van der Waals surface area contributed by atoms with E-state index in [0.717, 1.165) is 27.2 Å². The first-order valence-electron chi connectivity index (χ1n) is 7.95. The van der Waals surface area contributed by atoms with Gasteiger partial charge in [-0.15, -0.1) is 11.3 Å². The van der Waals surface area contributed by atoms with E-state index in [0.29, 0.717) is 18.9 Å².